The molecule has 0 saturated carbocycles. The molecule has 0 unspecified atom stereocenters. The van der Waals surface area contributed by atoms with Gasteiger partial charge in [0.1, 0.15) is 23.7 Å². The molecule has 0 amide bonds. The average Bonchev–Trinajstić information content (AvgIpc) is 3.38. The summed E-state index contributed by atoms with van der Waals surface area (Å²) in [4.78, 5) is 23.5. The van der Waals surface area contributed by atoms with E-state index in [2.05, 4.69) is 16.0 Å². The summed E-state index contributed by atoms with van der Waals surface area (Å²) in [5, 5.41) is 18.8. The van der Waals surface area contributed by atoms with Crippen molar-refractivity contribution in [3.63, 3.8) is 0 Å². The minimum atomic E-state index is -3.12. The minimum absolute atomic E-state index is 0.0617. The van der Waals surface area contributed by atoms with Crippen LogP contribution in [-0.4, -0.2) is 70.0 Å². The van der Waals surface area contributed by atoms with Crippen molar-refractivity contribution >= 4 is 17.0 Å². The van der Waals surface area contributed by atoms with Crippen LogP contribution < -0.4 is 14.2 Å². The lowest BCUT2D eigenvalue weighted by molar-refractivity contribution is -0.0592. The fourth-order valence-electron chi connectivity index (χ4n) is 5.92. The van der Waals surface area contributed by atoms with Gasteiger partial charge < -0.3 is 28.6 Å². The molecule has 240 valence electrons. The molecule has 1 atom stereocenters. The number of fused-ring (bicyclic) bond motifs is 1. The van der Waals surface area contributed by atoms with Crippen molar-refractivity contribution in [1.82, 2.24) is 19.4 Å². The monoisotopic (exact) mass is 633 g/mol. The molecular formula is C33H33F2N5O6. The molecule has 46 heavy (non-hydrogen) atoms. The lowest BCUT2D eigenvalue weighted by Gasteiger charge is -2.32. The Morgan fingerprint density at radius 3 is 2.61 bits per heavy atom. The average molecular weight is 634 g/mol. The third-order valence-corrected chi connectivity index (χ3v) is 8.45. The second-order valence-electron chi connectivity index (χ2n) is 11.3. The third kappa shape index (κ3) is 6.88. The highest BCUT2D eigenvalue weighted by atomic mass is 19.3. The van der Waals surface area contributed by atoms with Crippen molar-refractivity contribution in [2.45, 2.75) is 57.6 Å². The Hall–Kier alpha value is -4.80. The lowest BCUT2D eigenvalue weighted by atomic mass is 9.93. The molecule has 2 saturated heterocycles. The Morgan fingerprint density at radius 1 is 1.13 bits per heavy atom. The number of pyridine rings is 1. The van der Waals surface area contributed by atoms with Crippen LogP contribution >= 0.6 is 0 Å². The van der Waals surface area contributed by atoms with Gasteiger partial charge in [-0.3, -0.25) is 4.90 Å². The second kappa shape index (κ2) is 13.7. The van der Waals surface area contributed by atoms with Gasteiger partial charge in [-0.05, 0) is 62.7 Å². The molecule has 2 fully saturated rings. The Bertz CT molecular complexity index is 1760. The molecule has 2 aromatic carbocycles. The molecular weight excluding hydrogens is 600 g/mol. The maximum absolute atomic E-state index is 13.3. The molecule has 4 aromatic rings. The quantitative estimate of drug-likeness (QED) is 0.218. The highest BCUT2D eigenvalue weighted by Crippen LogP contribution is 2.33. The molecule has 13 heteroatoms. The second-order valence-corrected chi connectivity index (χ2v) is 11.3. The molecule has 1 N–H and O–H groups in total. The lowest BCUT2D eigenvalue weighted by Crippen LogP contribution is -2.35. The number of benzene rings is 2. The van der Waals surface area contributed by atoms with Crippen molar-refractivity contribution in [3.05, 3.63) is 76.7 Å². The first-order valence-electron chi connectivity index (χ1n) is 15.0. The first kappa shape index (κ1) is 31.2. The molecule has 4 heterocycles. The normalized spacial score (nSPS) is 17.1. The first-order chi connectivity index (χ1) is 22.3. The topological polar surface area (TPSA) is 132 Å². The zero-order valence-electron chi connectivity index (χ0n) is 25.2. The molecule has 2 aliphatic rings. The molecule has 11 nitrogen and oxygen atoms in total. The summed E-state index contributed by atoms with van der Waals surface area (Å²) >= 11 is 0. The fraction of sp³-hybridized carbons (Fsp3) is 0.394. The van der Waals surface area contributed by atoms with Crippen LogP contribution in [0.4, 0.5) is 8.78 Å². The summed E-state index contributed by atoms with van der Waals surface area (Å²) < 4.78 is 50.1. The van der Waals surface area contributed by atoms with Crippen LogP contribution in [-0.2, 0) is 24.4 Å². The number of aromatic carboxylic acids is 1. The van der Waals surface area contributed by atoms with E-state index in [0.29, 0.717) is 48.2 Å². The van der Waals surface area contributed by atoms with E-state index in [4.69, 9.17) is 29.2 Å². The Kier molecular flexibility index (Phi) is 9.28. The first-order valence-corrected chi connectivity index (χ1v) is 15.0. The van der Waals surface area contributed by atoms with E-state index >= 15 is 0 Å². The number of piperidine rings is 1. The van der Waals surface area contributed by atoms with E-state index in [1.165, 1.54) is 6.07 Å². The van der Waals surface area contributed by atoms with E-state index in [-0.39, 0.29) is 35.5 Å². The number of nitrogens with zero attached hydrogens (tertiary/aromatic N) is 5. The summed E-state index contributed by atoms with van der Waals surface area (Å²) in [6.45, 7) is 0.163. The molecule has 0 aliphatic carbocycles. The van der Waals surface area contributed by atoms with E-state index in [1.54, 1.807) is 19.2 Å². The summed E-state index contributed by atoms with van der Waals surface area (Å²) in [6, 6.07) is 15.6. The largest absolute Gasteiger partial charge is 0.496 e. The van der Waals surface area contributed by atoms with E-state index in [1.807, 2.05) is 28.8 Å². The zero-order chi connectivity index (χ0) is 32.2. The van der Waals surface area contributed by atoms with Crippen LogP contribution in [0.15, 0.2) is 48.5 Å². The number of ether oxygens (including phenoxy) is 4. The summed E-state index contributed by atoms with van der Waals surface area (Å²) in [5.74, 6) is 0.434. The van der Waals surface area contributed by atoms with Gasteiger partial charge in [-0.2, -0.15) is 14.0 Å². The zero-order valence-corrected chi connectivity index (χ0v) is 25.2. The van der Waals surface area contributed by atoms with Crippen molar-refractivity contribution in [3.8, 4) is 23.4 Å². The van der Waals surface area contributed by atoms with Gasteiger partial charge in [0, 0.05) is 29.8 Å². The number of carbonyl (C=O) groups is 1. The third-order valence-electron chi connectivity index (χ3n) is 8.45. The number of hydrogen-bond acceptors (Lipinski definition) is 9. The van der Waals surface area contributed by atoms with Gasteiger partial charge in [0.2, 0.25) is 5.88 Å². The molecule has 2 aromatic heterocycles. The molecule has 6 rings (SSSR count). The van der Waals surface area contributed by atoms with Gasteiger partial charge in [0.05, 0.1) is 49.0 Å². The molecule has 2 aliphatic heterocycles. The minimum Gasteiger partial charge on any atom is -0.496 e. The maximum atomic E-state index is 13.3. The number of rotatable bonds is 12. The molecule has 0 radical (unpaired) electrons. The van der Waals surface area contributed by atoms with Crippen LogP contribution in [0, 0.1) is 11.3 Å². The maximum Gasteiger partial charge on any atom is 0.387 e. The van der Waals surface area contributed by atoms with E-state index in [9.17, 15) is 18.7 Å². The number of alkyl halides is 2. The van der Waals surface area contributed by atoms with Crippen LogP contribution in [0.3, 0.4) is 0 Å². The van der Waals surface area contributed by atoms with Gasteiger partial charge in [-0.1, -0.05) is 12.1 Å². The van der Waals surface area contributed by atoms with Gasteiger partial charge in [-0.25, -0.2) is 14.8 Å². The SMILES string of the molecule is COc1cc(C#N)ccc1COc1cccc(C2CCN(Cc3nc4c(OC(F)F)cc(C(=O)O)cc4n3C[C@@H]3CCO3)CC2)n1. The highest BCUT2D eigenvalue weighted by Gasteiger charge is 2.28. The molecule has 0 bridgehead atoms. The Balaban J connectivity index is 1.15. The predicted molar refractivity (Wildman–Crippen MR) is 161 cm³/mol. The van der Waals surface area contributed by atoms with Crippen molar-refractivity contribution in [1.29, 1.82) is 5.26 Å². The van der Waals surface area contributed by atoms with Crippen LogP contribution in [0.5, 0.6) is 17.4 Å². The summed E-state index contributed by atoms with van der Waals surface area (Å²) in [7, 11) is 1.55. The smallest absolute Gasteiger partial charge is 0.387 e. The number of carboxylic acid groups (broad SMARTS) is 1. The van der Waals surface area contributed by atoms with Gasteiger partial charge in [0.15, 0.2) is 5.75 Å². The van der Waals surface area contributed by atoms with Crippen LogP contribution in [0.1, 0.15) is 58.2 Å². The number of imidazole rings is 1. The Morgan fingerprint density at radius 2 is 1.93 bits per heavy atom. The highest BCUT2D eigenvalue weighted by molar-refractivity contribution is 5.95. The van der Waals surface area contributed by atoms with Crippen LogP contribution in [0.25, 0.3) is 11.0 Å². The van der Waals surface area contributed by atoms with E-state index < -0.39 is 12.6 Å². The molecule has 0 spiro atoms. The standard InChI is InChI=1S/C33H33F2N5O6/c1-43-27-13-20(16-36)5-6-22(27)19-45-30-4-2-3-25(37-30)21-7-10-39(11-8-21)18-29-38-31-26(40(29)17-24-9-12-44-24)14-23(32(41)42)15-28(31)46-33(34)35/h2-6,13-15,21,24,33H,7-12,17-19H2,1H3,(H,41,42)/t24-/m0/s1. The van der Waals surface area contributed by atoms with Crippen molar-refractivity contribution < 1.29 is 37.6 Å². The Labute approximate surface area is 263 Å². The van der Waals surface area contributed by atoms with Crippen LogP contribution in [0.2, 0.25) is 0 Å². The van der Waals surface area contributed by atoms with Crippen molar-refractivity contribution in [2.24, 2.45) is 0 Å². The number of aromatic nitrogens is 3. The van der Waals surface area contributed by atoms with Gasteiger partial charge >= 0.3 is 12.6 Å². The summed E-state index contributed by atoms with van der Waals surface area (Å²) in [6.07, 6.45) is 2.47. The number of hydrogen-bond donors (Lipinski definition) is 1. The number of carboxylic acids is 1. The number of likely N-dealkylation sites (tertiary alicyclic amines) is 1. The van der Waals surface area contributed by atoms with Gasteiger partial charge in [0.25, 0.3) is 0 Å². The van der Waals surface area contributed by atoms with Crippen molar-refractivity contribution in [2.75, 3.05) is 26.8 Å². The number of methoxy groups -OCH3 is 1. The summed E-state index contributed by atoms with van der Waals surface area (Å²) in [5.41, 5.74) is 2.73. The van der Waals surface area contributed by atoms with E-state index in [0.717, 1.165) is 49.7 Å². The number of nitriles is 1. The number of halogens is 2. The predicted octanol–water partition coefficient (Wildman–Crippen LogP) is 5.36. The fourth-order valence-corrected chi connectivity index (χ4v) is 5.92. The van der Waals surface area contributed by atoms with Gasteiger partial charge in [-0.15, -0.1) is 0 Å².